The van der Waals surface area contributed by atoms with Gasteiger partial charge in [0, 0.05) is 31.7 Å². The maximum Gasteiger partial charge on any atom is 0.191 e. The molecule has 0 aliphatic heterocycles. The number of hydrogen-bond acceptors (Lipinski definition) is 5. The summed E-state index contributed by atoms with van der Waals surface area (Å²) in [6, 6.07) is 6.84. The molecule has 0 radical (unpaired) electrons. The molecule has 0 aliphatic carbocycles. The average Bonchev–Trinajstić information content (AvgIpc) is 2.69. The fourth-order valence-electron chi connectivity index (χ4n) is 3.18. The van der Waals surface area contributed by atoms with Crippen molar-refractivity contribution in [1.29, 1.82) is 0 Å². The monoisotopic (exact) mass is 536 g/mol. The number of nitrogens with one attached hydrogen (secondary N) is 2. The van der Waals surface area contributed by atoms with Crippen LogP contribution in [0.4, 0.5) is 0 Å². The largest absolute Gasteiger partial charge is 0.493 e. The van der Waals surface area contributed by atoms with E-state index < -0.39 is 0 Å². The number of hydrogen-bond donors (Lipinski definition) is 3. The zero-order valence-corrected chi connectivity index (χ0v) is 21.7. The zero-order chi connectivity index (χ0) is 21.6. The molecule has 1 rings (SSSR count). The van der Waals surface area contributed by atoms with E-state index in [2.05, 4.69) is 55.1 Å². The van der Waals surface area contributed by atoms with Crippen LogP contribution >= 0.6 is 24.0 Å². The van der Waals surface area contributed by atoms with E-state index >= 15 is 0 Å². The standard InChI is InChI=1S/C22H40N4O3.HI/c1-7-23-22(24-11-8-12-26(17(2)3)18(4)5)25-16-19-9-10-20(29-14-13-27)21(15-19)28-6;/h9-10,15,17-18,27H,7-8,11-14,16H2,1-6H3,(H2,23,24,25);1H. The Morgan fingerprint density at radius 1 is 1.13 bits per heavy atom. The quantitative estimate of drug-likeness (QED) is 0.156. The highest BCUT2D eigenvalue weighted by Gasteiger charge is 2.12. The van der Waals surface area contributed by atoms with Crippen LogP contribution in [0.3, 0.4) is 0 Å². The molecule has 0 bridgehead atoms. The highest BCUT2D eigenvalue weighted by atomic mass is 127. The van der Waals surface area contributed by atoms with Crippen molar-refractivity contribution in [1.82, 2.24) is 15.5 Å². The molecule has 0 fully saturated rings. The topological polar surface area (TPSA) is 78.4 Å². The van der Waals surface area contributed by atoms with E-state index in [4.69, 9.17) is 14.6 Å². The summed E-state index contributed by atoms with van der Waals surface area (Å²) in [7, 11) is 1.61. The third kappa shape index (κ3) is 10.7. The van der Waals surface area contributed by atoms with Crippen molar-refractivity contribution in [3.63, 3.8) is 0 Å². The summed E-state index contributed by atoms with van der Waals surface area (Å²) < 4.78 is 10.9. The Balaban J connectivity index is 0.00000841. The molecule has 3 N–H and O–H groups in total. The molecule has 0 aliphatic rings. The SMILES string of the molecule is CCNC(=NCc1ccc(OCCO)c(OC)c1)NCCCN(C(C)C)C(C)C.I. The minimum Gasteiger partial charge on any atom is -0.493 e. The average molecular weight is 536 g/mol. The molecule has 0 unspecified atom stereocenters. The second kappa shape index (κ2) is 16.4. The molecule has 0 atom stereocenters. The number of aliphatic hydroxyl groups is 1. The molecule has 0 saturated heterocycles. The molecule has 1 aromatic rings. The van der Waals surface area contributed by atoms with Crippen molar-refractivity contribution in [3.05, 3.63) is 23.8 Å². The second-order valence-electron chi connectivity index (χ2n) is 7.46. The second-order valence-corrected chi connectivity index (χ2v) is 7.46. The number of nitrogens with zero attached hydrogens (tertiary/aromatic N) is 2. The summed E-state index contributed by atoms with van der Waals surface area (Å²) in [4.78, 5) is 7.18. The molecule has 8 heteroatoms. The Morgan fingerprint density at radius 3 is 2.40 bits per heavy atom. The van der Waals surface area contributed by atoms with E-state index in [1.165, 1.54) is 0 Å². The minimum absolute atomic E-state index is 0. The van der Waals surface area contributed by atoms with Gasteiger partial charge < -0.3 is 25.2 Å². The number of ether oxygens (including phenoxy) is 2. The van der Waals surface area contributed by atoms with Crippen LogP contribution in [0.2, 0.25) is 0 Å². The summed E-state index contributed by atoms with van der Waals surface area (Å²) in [5, 5.41) is 15.6. The Hall–Kier alpha value is -1.26. The third-order valence-electron chi connectivity index (χ3n) is 4.55. The number of aliphatic imine (C=N–C) groups is 1. The molecule has 0 saturated carbocycles. The van der Waals surface area contributed by atoms with Crippen LogP contribution in [0.5, 0.6) is 11.5 Å². The van der Waals surface area contributed by atoms with Crippen molar-refractivity contribution >= 4 is 29.9 Å². The predicted octanol–water partition coefficient (Wildman–Crippen LogP) is 3.25. The van der Waals surface area contributed by atoms with Crippen LogP contribution in [0.25, 0.3) is 0 Å². The Bertz CT molecular complexity index is 604. The van der Waals surface area contributed by atoms with E-state index in [1.54, 1.807) is 7.11 Å². The molecule has 30 heavy (non-hydrogen) atoms. The maximum atomic E-state index is 8.91. The van der Waals surface area contributed by atoms with Gasteiger partial charge in [0.2, 0.25) is 0 Å². The van der Waals surface area contributed by atoms with Gasteiger partial charge in [-0.2, -0.15) is 0 Å². The number of benzene rings is 1. The molecule has 1 aromatic carbocycles. The summed E-state index contributed by atoms with van der Waals surface area (Å²) in [6.07, 6.45) is 1.06. The van der Waals surface area contributed by atoms with Crippen LogP contribution in [0.1, 0.15) is 46.6 Å². The molecule has 0 aromatic heterocycles. The first-order valence-electron chi connectivity index (χ1n) is 10.6. The van der Waals surface area contributed by atoms with Crippen LogP contribution in [0, 0.1) is 0 Å². The third-order valence-corrected chi connectivity index (χ3v) is 4.55. The first-order valence-corrected chi connectivity index (χ1v) is 10.6. The summed E-state index contributed by atoms with van der Waals surface area (Å²) in [5.41, 5.74) is 1.03. The van der Waals surface area contributed by atoms with E-state index in [-0.39, 0.29) is 37.2 Å². The van der Waals surface area contributed by atoms with Gasteiger partial charge in [0.05, 0.1) is 20.3 Å². The molecule has 0 amide bonds. The molecule has 7 nitrogen and oxygen atoms in total. The van der Waals surface area contributed by atoms with Crippen LogP contribution in [-0.2, 0) is 6.54 Å². The summed E-state index contributed by atoms with van der Waals surface area (Å²) in [5.74, 6) is 2.08. The molecule has 0 spiro atoms. The van der Waals surface area contributed by atoms with Gasteiger partial charge in [0.1, 0.15) is 6.61 Å². The van der Waals surface area contributed by atoms with E-state index in [9.17, 15) is 0 Å². The lowest BCUT2D eigenvalue weighted by Gasteiger charge is -2.30. The van der Waals surface area contributed by atoms with E-state index in [1.807, 2.05) is 18.2 Å². The Morgan fingerprint density at radius 2 is 1.83 bits per heavy atom. The van der Waals surface area contributed by atoms with Gasteiger partial charge in [-0.05, 0) is 58.7 Å². The maximum absolute atomic E-state index is 8.91. The lowest BCUT2D eigenvalue weighted by Crippen LogP contribution is -2.41. The highest BCUT2D eigenvalue weighted by Crippen LogP contribution is 2.28. The number of halogens is 1. The summed E-state index contributed by atoms with van der Waals surface area (Å²) in [6.45, 7) is 14.5. The fraction of sp³-hybridized carbons (Fsp3) is 0.682. The predicted molar refractivity (Wildman–Crippen MR) is 135 cm³/mol. The Kier molecular flexibility index (Phi) is 15.7. The lowest BCUT2D eigenvalue weighted by molar-refractivity contribution is 0.173. The van der Waals surface area contributed by atoms with Gasteiger partial charge in [0.25, 0.3) is 0 Å². The van der Waals surface area contributed by atoms with Gasteiger partial charge in [-0.25, -0.2) is 4.99 Å². The minimum atomic E-state index is -0.0288. The zero-order valence-electron chi connectivity index (χ0n) is 19.4. The van der Waals surface area contributed by atoms with Crippen molar-refractivity contribution < 1.29 is 14.6 Å². The van der Waals surface area contributed by atoms with E-state index in [0.717, 1.165) is 37.6 Å². The number of aliphatic hydroxyl groups excluding tert-OH is 1. The molecule has 0 heterocycles. The fourth-order valence-corrected chi connectivity index (χ4v) is 3.18. The number of rotatable bonds is 13. The number of methoxy groups -OCH3 is 1. The summed E-state index contributed by atoms with van der Waals surface area (Å²) >= 11 is 0. The Labute approximate surface area is 199 Å². The molecule has 174 valence electrons. The van der Waals surface area contributed by atoms with Gasteiger partial charge in [-0.15, -0.1) is 24.0 Å². The smallest absolute Gasteiger partial charge is 0.191 e. The number of guanidine groups is 1. The van der Waals surface area contributed by atoms with Crippen molar-refractivity contribution in [2.45, 2.75) is 59.7 Å². The van der Waals surface area contributed by atoms with Crippen molar-refractivity contribution in [3.8, 4) is 11.5 Å². The van der Waals surface area contributed by atoms with Crippen molar-refractivity contribution in [2.24, 2.45) is 4.99 Å². The van der Waals surface area contributed by atoms with Crippen molar-refractivity contribution in [2.75, 3.05) is 40.0 Å². The lowest BCUT2D eigenvalue weighted by atomic mass is 10.2. The van der Waals surface area contributed by atoms with E-state index in [0.29, 0.717) is 30.1 Å². The van der Waals surface area contributed by atoms with Gasteiger partial charge >= 0.3 is 0 Å². The highest BCUT2D eigenvalue weighted by molar-refractivity contribution is 14.0. The first kappa shape index (κ1) is 28.7. The van der Waals surface area contributed by atoms with Crippen LogP contribution in [-0.4, -0.2) is 68.0 Å². The van der Waals surface area contributed by atoms with Gasteiger partial charge in [-0.3, -0.25) is 4.90 Å². The molecular weight excluding hydrogens is 495 g/mol. The normalized spacial score (nSPS) is 11.6. The van der Waals surface area contributed by atoms with Crippen LogP contribution < -0.4 is 20.1 Å². The first-order chi connectivity index (χ1) is 13.9. The van der Waals surface area contributed by atoms with Crippen LogP contribution in [0.15, 0.2) is 23.2 Å². The van der Waals surface area contributed by atoms with Gasteiger partial charge in [-0.1, -0.05) is 6.07 Å². The molecular formula is C22H41IN4O3. The van der Waals surface area contributed by atoms with Gasteiger partial charge in [0.15, 0.2) is 17.5 Å².